The average molecular weight is 347 g/mol. The maximum atomic E-state index is 11.7. The van der Waals surface area contributed by atoms with Gasteiger partial charge < -0.3 is 18.9 Å². The summed E-state index contributed by atoms with van der Waals surface area (Å²) in [6.07, 6.45) is 3.72. The van der Waals surface area contributed by atoms with Gasteiger partial charge in [-0.1, -0.05) is 41.0 Å². The molecule has 1 atom stereocenters. The summed E-state index contributed by atoms with van der Waals surface area (Å²) in [5.41, 5.74) is 0.240. The van der Waals surface area contributed by atoms with E-state index in [9.17, 15) is 4.79 Å². The monoisotopic (exact) mass is 346 g/mol. The highest BCUT2D eigenvalue weighted by atomic mass is 16.6. The molecule has 5 heteroatoms. The van der Waals surface area contributed by atoms with Crippen LogP contribution in [0.5, 0.6) is 0 Å². The zero-order chi connectivity index (χ0) is 18.3. The normalized spacial score (nSPS) is 13.0. The Morgan fingerprint density at radius 2 is 1.38 bits per heavy atom. The highest BCUT2D eigenvalue weighted by Crippen LogP contribution is 2.25. The Hall–Kier alpha value is -0.650. The van der Waals surface area contributed by atoms with Crippen LogP contribution in [0.1, 0.15) is 60.3 Å². The molecule has 144 valence electrons. The Morgan fingerprint density at radius 1 is 0.875 bits per heavy atom. The van der Waals surface area contributed by atoms with Crippen LogP contribution in [0.2, 0.25) is 0 Å². The number of esters is 1. The third-order valence-corrected chi connectivity index (χ3v) is 3.35. The van der Waals surface area contributed by atoms with Gasteiger partial charge in [-0.2, -0.15) is 0 Å². The minimum absolute atomic E-state index is 0.143. The minimum Gasteiger partial charge on any atom is -0.463 e. The molecule has 0 radical (unpaired) electrons. The van der Waals surface area contributed by atoms with Gasteiger partial charge in [-0.3, -0.25) is 4.79 Å². The summed E-state index contributed by atoms with van der Waals surface area (Å²) < 4.78 is 21.3. The first kappa shape index (κ1) is 23.4. The van der Waals surface area contributed by atoms with Crippen LogP contribution in [0.3, 0.4) is 0 Å². The van der Waals surface area contributed by atoms with E-state index in [1.807, 2.05) is 0 Å². The minimum atomic E-state index is -0.143. The first-order chi connectivity index (χ1) is 11.3. The van der Waals surface area contributed by atoms with Gasteiger partial charge in [0.15, 0.2) is 0 Å². The van der Waals surface area contributed by atoms with Gasteiger partial charge in [-0.05, 0) is 24.2 Å². The van der Waals surface area contributed by atoms with Gasteiger partial charge in [0.25, 0.3) is 0 Å². The maximum absolute atomic E-state index is 11.7. The number of hydrogen-bond acceptors (Lipinski definition) is 5. The van der Waals surface area contributed by atoms with Gasteiger partial charge in [-0.15, -0.1) is 0 Å². The fourth-order valence-corrected chi connectivity index (χ4v) is 2.46. The first-order valence-electron chi connectivity index (χ1n) is 9.24. The summed E-state index contributed by atoms with van der Waals surface area (Å²) in [7, 11) is 0. The molecule has 0 heterocycles. The second-order valence-corrected chi connectivity index (χ2v) is 7.49. The molecule has 0 fully saturated rings. The molecule has 0 rings (SSSR count). The lowest BCUT2D eigenvalue weighted by Gasteiger charge is -2.22. The van der Waals surface area contributed by atoms with E-state index in [1.54, 1.807) is 0 Å². The van der Waals surface area contributed by atoms with Crippen molar-refractivity contribution in [2.45, 2.75) is 60.3 Å². The zero-order valence-corrected chi connectivity index (χ0v) is 16.4. The molecular formula is C19H38O5. The number of carbonyl (C=O) groups excluding carboxylic acids is 1. The molecule has 0 aliphatic rings. The summed E-state index contributed by atoms with van der Waals surface area (Å²) in [6.45, 7) is 14.6. The largest absolute Gasteiger partial charge is 0.463 e. The van der Waals surface area contributed by atoms with E-state index in [-0.39, 0.29) is 11.4 Å². The van der Waals surface area contributed by atoms with Crippen molar-refractivity contribution in [1.82, 2.24) is 0 Å². The van der Waals surface area contributed by atoms with Crippen molar-refractivity contribution in [1.29, 1.82) is 0 Å². The van der Waals surface area contributed by atoms with Gasteiger partial charge in [-0.25, -0.2) is 0 Å². The summed E-state index contributed by atoms with van der Waals surface area (Å²) >= 11 is 0. The molecule has 0 spiro atoms. The Morgan fingerprint density at radius 3 is 1.88 bits per heavy atom. The molecule has 0 aromatic heterocycles. The summed E-state index contributed by atoms with van der Waals surface area (Å²) in [4.78, 5) is 11.7. The van der Waals surface area contributed by atoms with E-state index < -0.39 is 0 Å². The van der Waals surface area contributed by atoms with E-state index in [0.29, 0.717) is 52.0 Å². The predicted octanol–water partition coefficient (Wildman–Crippen LogP) is 3.84. The Bertz CT molecular complexity index is 299. The zero-order valence-electron chi connectivity index (χ0n) is 16.4. The van der Waals surface area contributed by atoms with Crippen LogP contribution < -0.4 is 0 Å². The van der Waals surface area contributed by atoms with Crippen LogP contribution in [0, 0.1) is 11.3 Å². The maximum Gasteiger partial charge on any atom is 0.306 e. The number of ether oxygens (including phenoxy) is 4. The molecule has 0 N–H and O–H groups in total. The molecule has 1 unspecified atom stereocenters. The van der Waals surface area contributed by atoms with Gasteiger partial charge >= 0.3 is 5.97 Å². The van der Waals surface area contributed by atoms with Crippen LogP contribution in [0.25, 0.3) is 0 Å². The van der Waals surface area contributed by atoms with Crippen LogP contribution in [0.4, 0.5) is 0 Å². The van der Waals surface area contributed by atoms with Crippen molar-refractivity contribution in [3.8, 4) is 0 Å². The third kappa shape index (κ3) is 17.7. The molecular weight excluding hydrogens is 308 g/mol. The molecule has 0 bridgehead atoms. The lowest BCUT2D eigenvalue weighted by atomic mass is 9.84. The van der Waals surface area contributed by atoms with Crippen molar-refractivity contribution in [3.63, 3.8) is 0 Å². The van der Waals surface area contributed by atoms with Gasteiger partial charge in [0.1, 0.15) is 6.61 Å². The van der Waals surface area contributed by atoms with Gasteiger partial charge in [0, 0.05) is 13.0 Å². The first-order valence-corrected chi connectivity index (χ1v) is 9.24. The Kier molecular flexibility index (Phi) is 14.3. The predicted molar refractivity (Wildman–Crippen MR) is 96.2 cm³/mol. The number of rotatable bonds is 15. The highest BCUT2D eigenvalue weighted by Gasteiger charge is 2.18. The molecule has 0 saturated carbocycles. The van der Waals surface area contributed by atoms with Crippen LogP contribution in [-0.4, -0.2) is 52.2 Å². The highest BCUT2D eigenvalue weighted by molar-refractivity contribution is 5.69. The lowest BCUT2D eigenvalue weighted by molar-refractivity contribution is -0.146. The number of carbonyl (C=O) groups is 1. The van der Waals surface area contributed by atoms with Crippen molar-refractivity contribution in [2.24, 2.45) is 11.3 Å². The smallest absolute Gasteiger partial charge is 0.306 e. The molecule has 0 aliphatic heterocycles. The SMILES string of the molecule is CCCCOCCOCCOCCOC(=O)CC(C)CC(C)(C)C. The molecule has 0 amide bonds. The molecule has 0 aromatic rings. The number of hydrogen-bond donors (Lipinski definition) is 0. The van der Waals surface area contributed by atoms with E-state index in [2.05, 4.69) is 34.6 Å². The van der Waals surface area contributed by atoms with E-state index in [0.717, 1.165) is 25.9 Å². The summed E-state index contributed by atoms with van der Waals surface area (Å²) in [5, 5.41) is 0. The topological polar surface area (TPSA) is 54.0 Å². The molecule has 0 aliphatic carbocycles. The molecule has 24 heavy (non-hydrogen) atoms. The standard InChI is InChI=1S/C19H38O5/c1-6-7-8-21-9-10-22-11-12-23-13-14-24-18(20)15-17(2)16-19(3,4)5/h17H,6-16H2,1-5H3. The summed E-state index contributed by atoms with van der Waals surface area (Å²) in [5.74, 6) is 0.196. The van der Waals surface area contributed by atoms with Crippen LogP contribution in [-0.2, 0) is 23.7 Å². The average Bonchev–Trinajstić information content (AvgIpc) is 2.46. The quantitative estimate of drug-likeness (QED) is 0.333. The van der Waals surface area contributed by atoms with E-state index in [4.69, 9.17) is 18.9 Å². The second-order valence-electron chi connectivity index (χ2n) is 7.49. The van der Waals surface area contributed by atoms with Crippen molar-refractivity contribution < 1.29 is 23.7 Å². The van der Waals surface area contributed by atoms with Crippen LogP contribution in [0.15, 0.2) is 0 Å². The van der Waals surface area contributed by atoms with Gasteiger partial charge in [0.05, 0.1) is 33.0 Å². The Balaban J connectivity index is 3.33. The van der Waals surface area contributed by atoms with Gasteiger partial charge in [0.2, 0.25) is 0 Å². The van der Waals surface area contributed by atoms with Crippen molar-refractivity contribution >= 4 is 5.97 Å². The van der Waals surface area contributed by atoms with Crippen LogP contribution >= 0.6 is 0 Å². The Labute approximate surface area is 148 Å². The lowest BCUT2D eigenvalue weighted by Crippen LogP contribution is -2.18. The molecule has 5 nitrogen and oxygen atoms in total. The van der Waals surface area contributed by atoms with E-state index >= 15 is 0 Å². The van der Waals surface area contributed by atoms with Crippen molar-refractivity contribution in [2.75, 3.05) is 46.2 Å². The van der Waals surface area contributed by atoms with E-state index in [1.165, 1.54) is 0 Å². The molecule has 0 aromatic carbocycles. The fourth-order valence-electron chi connectivity index (χ4n) is 2.46. The molecule has 0 saturated heterocycles. The fraction of sp³-hybridized carbons (Fsp3) is 0.947. The van der Waals surface area contributed by atoms with Crippen molar-refractivity contribution in [3.05, 3.63) is 0 Å². The third-order valence-electron chi connectivity index (χ3n) is 3.35. The number of unbranched alkanes of at least 4 members (excludes halogenated alkanes) is 1. The summed E-state index contributed by atoms with van der Waals surface area (Å²) in [6, 6.07) is 0. The second kappa shape index (κ2) is 14.7.